The molecule has 4 nitrogen and oxygen atoms in total. The molecule has 0 amide bonds. The zero-order valence-electron chi connectivity index (χ0n) is 13.4. The molecule has 0 saturated heterocycles. The first-order valence-electron chi connectivity index (χ1n) is 8.17. The van der Waals surface area contributed by atoms with Gasteiger partial charge in [-0.3, -0.25) is 5.10 Å². The van der Waals surface area contributed by atoms with Gasteiger partial charge in [0.05, 0.1) is 12.8 Å². The Morgan fingerprint density at radius 3 is 3.09 bits per heavy atom. The average Bonchev–Trinajstić information content (AvgIpc) is 2.99. The summed E-state index contributed by atoms with van der Waals surface area (Å²) in [5.41, 5.74) is 3.89. The molecule has 2 aromatic rings. The van der Waals surface area contributed by atoms with Gasteiger partial charge in [0, 0.05) is 30.3 Å². The Balaban J connectivity index is 1.58. The van der Waals surface area contributed by atoms with Gasteiger partial charge in [-0.15, -0.1) is 0 Å². The fourth-order valence-corrected chi connectivity index (χ4v) is 2.88. The van der Waals surface area contributed by atoms with Crippen molar-refractivity contribution in [2.45, 2.75) is 45.7 Å². The highest BCUT2D eigenvalue weighted by atomic mass is 16.5. The molecule has 1 aromatic heterocycles. The number of rotatable bonds is 6. The van der Waals surface area contributed by atoms with E-state index in [0.29, 0.717) is 12.0 Å². The number of hydrogen-bond donors (Lipinski definition) is 2. The number of ether oxygens (including phenoxy) is 1. The van der Waals surface area contributed by atoms with Crippen molar-refractivity contribution >= 4 is 0 Å². The van der Waals surface area contributed by atoms with Crippen LogP contribution in [0.15, 0.2) is 30.5 Å². The molecule has 22 heavy (non-hydrogen) atoms. The number of aryl methyl sites for hydroxylation is 1. The minimum Gasteiger partial charge on any atom is -0.493 e. The summed E-state index contributed by atoms with van der Waals surface area (Å²) in [6.07, 6.45) is 5.27. The topological polar surface area (TPSA) is 49.9 Å². The van der Waals surface area contributed by atoms with Crippen LogP contribution >= 0.6 is 0 Å². The van der Waals surface area contributed by atoms with E-state index in [4.69, 9.17) is 4.74 Å². The number of nitrogens with one attached hydrogen (secondary N) is 2. The Morgan fingerprint density at radius 2 is 2.23 bits per heavy atom. The highest BCUT2D eigenvalue weighted by molar-refractivity contribution is 5.33. The Labute approximate surface area is 132 Å². The molecule has 1 heterocycles. The van der Waals surface area contributed by atoms with Crippen molar-refractivity contribution in [2.24, 2.45) is 5.92 Å². The van der Waals surface area contributed by atoms with Crippen molar-refractivity contribution in [3.8, 4) is 5.75 Å². The SMILES string of the molecule is CC(C)COc1ccccc1CNC1CCc2cn[nH]c2C1. The van der Waals surface area contributed by atoms with E-state index in [1.165, 1.54) is 23.2 Å². The van der Waals surface area contributed by atoms with Gasteiger partial charge in [-0.25, -0.2) is 0 Å². The normalized spacial score (nSPS) is 17.5. The van der Waals surface area contributed by atoms with Crippen LogP contribution < -0.4 is 10.1 Å². The molecular weight excluding hydrogens is 274 g/mol. The molecule has 1 aliphatic carbocycles. The van der Waals surface area contributed by atoms with Crippen molar-refractivity contribution in [1.82, 2.24) is 15.5 Å². The van der Waals surface area contributed by atoms with Gasteiger partial charge in [-0.1, -0.05) is 32.0 Å². The second kappa shape index (κ2) is 6.97. The van der Waals surface area contributed by atoms with E-state index in [9.17, 15) is 0 Å². The number of aromatic nitrogens is 2. The van der Waals surface area contributed by atoms with Crippen LogP contribution in [0.25, 0.3) is 0 Å². The fourth-order valence-electron chi connectivity index (χ4n) is 2.88. The molecule has 0 bridgehead atoms. The monoisotopic (exact) mass is 299 g/mol. The van der Waals surface area contributed by atoms with Crippen LogP contribution in [-0.2, 0) is 19.4 Å². The molecule has 118 valence electrons. The standard InChI is InChI=1S/C18H25N3O/c1-13(2)12-22-18-6-4-3-5-15(18)10-19-16-8-7-14-11-20-21-17(14)9-16/h3-6,11,13,16,19H,7-10,12H2,1-2H3,(H,20,21). The Bertz CT molecular complexity index is 606. The minimum atomic E-state index is 0.506. The van der Waals surface area contributed by atoms with Crippen molar-refractivity contribution in [1.29, 1.82) is 0 Å². The zero-order chi connectivity index (χ0) is 15.4. The van der Waals surface area contributed by atoms with Crippen LogP contribution in [0.5, 0.6) is 5.75 Å². The largest absolute Gasteiger partial charge is 0.493 e. The van der Waals surface area contributed by atoms with Crippen LogP contribution in [-0.4, -0.2) is 22.8 Å². The van der Waals surface area contributed by atoms with E-state index >= 15 is 0 Å². The van der Waals surface area contributed by atoms with Gasteiger partial charge in [0.1, 0.15) is 5.75 Å². The molecule has 1 unspecified atom stereocenters. The van der Waals surface area contributed by atoms with Crippen molar-refractivity contribution in [3.05, 3.63) is 47.3 Å². The van der Waals surface area contributed by atoms with E-state index in [1.54, 1.807) is 0 Å². The summed E-state index contributed by atoms with van der Waals surface area (Å²) < 4.78 is 5.93. The molecule has 1 atom stereocenters. The van der Waals surface area contributed by atoms with Crippen molar-refractivity contribution in [2.75, 3.05) is 6.61 Å². The molecule has 0 radical (unpaired) electrons. The van der Waals surface area contributed by atoms with Crippen LogP contribution in [0.1, 0.15) is 37.1 Å². The third-order valence-corrected chi connectivity index (χ3v) is 4.15. The predicted octanol–water partition coefficient (Wildman–Crippen LogP) is 3.09. The van der Waals surface area contributed by atoms with E-state index in [1.807, 2.05) is 12.3 Å². The maximum atomic E-state index is 5.93. The molecule has 4 heteroatoms. The lowest BCUT2D eigenvalue weighted by Crippen LogP contribution is -2.34. The van der Waals surface area contributed by atoms with Crippen LogP contribution in [0.4, 0.5) is 0 Å². The number of aromatic amines is 1. The van der Waals surface area contributed by atoms with E-state index in [2.05, 4.69) is 47.6 Å². The number of para-hydroxylation sites is 1. The summed E-state index contributed by atoms with van der Waals surface area (Å²) in [7, 11) is 0. The molecule has 1 aromatic carbocycles. The maximum Gasteiger partial charge on any atom is 0.123 e. The minimum absolute atomic E-state index is 0.506. The number of nitrogens with zero attached hydrogens (tertiary/aromatic N) is 1. The third-order valence-electron chi connectivity index (χ3n) is 4.15. The highest BCUT2D eigenvalue weighted by Gasteiger charge is 2.19. The van der Waals surface area contributed by atoms with Gasteiger partial charge in [-0.2, -0.15) is 5.10 Å². The summed E-state index contributed by atoms with van der Waals surface area (Å²) in [6.45, 7) is 5.95. The van der Waals surface area contributed by atoms with Gasteiger partial charge < -0.3 is 10.1 Å². The number of benzene rings is 1. The van der Waals surface area contributed by atoms with Crippen LogP contribution in [0, 0.1) is 5.92 Å². The molecular formula is C18H25N3O. The van der Waals surface area contributed by atoms with E-state index < -0.39 is 0 Å². The van der Waals surface area contributed by atoms with E-state index in [0.717, 1.165) is 31.7 Å². The Morgan fingerprint density at radius 1 is 1.36 bits per heavy atom. The fraction of sp³-hybridized carbons (Fsp3) is 0.500. The molecule has 1 aliphatic rings. The number of H-pyrrole nitrogens is 1. The Hall–Kier alpha value is -1.81. The zero-order valence-corrected chi connectivity index (χ0v) is 13.4. The quantitative estimate of drug-likeness (QED) is 0.862. The molecule has 0 saturated carbocycles. The third kappa shape index (κ3) is 3.69. The van der Waals surface area contributed by atoms with Crippen LogP contribution in [0.3, 0.4) is 0 Å². The maximum absolute atomic E-state index is 5.93. The van der Waals surface area contributed by atoms with Gasteiger partial charge in [0.15, 0.2) is 0 Å². The molecule has 3 rings (SSSR count). The lowest BCUT2D eigenvalue weighted by Gasteiger charge is -2.23. The van der Waals surface area contributed by atoms with Gasteiger partial charge in [-0.05, 0) is 30.4 Å². The molecule has 0 spiro atoms. The lowest BCUT2D eigenvalue weighted by atomic mass is 9.93. The highest BCUT2D eigenvalue weighted by Crippen LogP contribution is 2.21. The Kier molecular flexibility index (Phi) is 4.78. The van der Waals surface area contributed by atoms with Crippen molar-refractivity contribution < 1.29 is 4.74 Å². The van der Waals surface area contributed by atoms with Gasteiger partial charge >= 0.3 is 0 Å². The average molecular weight is 299 g/mol. The second-order valence-corrected chi connectivity index (χ2v) is 6.51. The smallest absolute Gasteiger partial charge is 0.123 e. The summed E-state index contributed by atoms with van der Waals surface area (Å²) in [5, 5.41) is 10.9. The first kappa shape index (κ1) is 15.1. The van der Waals surface area contributed by atoms with Gasteiger partial charge in [0.25, 0.3) is 0 Å². The first-order chi connectivity index (χ1) is 10.7. The molecule has 2 N–H and O–H groups in total. The second-order valence-electron chi connectivity index (χ2n) is 6.51. The predicted molar refractivity (Wildman–Crippen MR) is 88.0 cm³/mol. The van der Waals surface area contributed by atoms with E-state index in [-0.39, 0.29) is 0 Å². The molecule has 0 aliphatic heterocycles. The van der Waals surface area contributed by atoms with Gasteiger partial charge in [0.2, 0.25) is 0 Å². The lowest BCUT2D eigenvalue weighted by molar-refractivity contribution is 0.267. The summed E-state index contributed by atoms with van der Waals surface area (Å²) in [6, 6.07) is 8.83. The first-order valence-corrected chi connectivity index (χ1v) is 8.17. The summed E-state index contributed by atoms with van der Waals surface area (Å²) >= 11 is 0. The number of hydrogen-bond acceptors (Lipinski definition) is 3. The molecule has 0 fully saturated rings. The summed E-state index contributed by atoms with van der Waals surface area (Å²) in [4.78, 5) is 0. The van der Waals surface area contributed by atoms with Crippen molar-refractivity contribution in [3.63, 3.8) is 0 Å². The summed E-state index contributed by atoms with van der Waals surface area (Å²) in [5.74, 6) is 1.54. The van der Waals surface area contributed by atoms with Crippen LogP contribution in [0.2, 0.25) is 0 Å². The number of fused-ring (bicyclic) bond motifs is 1.